The van der Waals surface area contributed by atoms with Gasteiger partial charge in [-0.1, -0.05) is 42.1 Å². The van der Waals surface area contributed by atoms with E-state index >= 15 is 0 Å². The molecule has 1 aliphatic heterocycles. The third-order valence-electron chi connectivity index (χ3n) is 4.67. The molecule has 2 aromatic rings. The fourth-order valence-electron chi connectivity index (χ4n) is 3.27. The molecule has 0 saturated carbocycles. The van der Waals surface area contributed by atoms with Gasteiger partial charge in [0.05, 0.1) is 28.6 Å². The fourth-order valence-corrected chi connectivity index (χ4v) is 5.88. The first-order valence-electron chi connectivity index (χ1n) is 8.88. The summed E-state index contributed by atoms with van der Waals surface area (Å²) in [5.74, 6) is 6.13. The van der Waals surface area contributed by atoms with Crippen LogP contribution in [0.3, 0.4) is 0 Å². The number of imidazole rings is 1. The van der Waals surface area contributed by atoms with Crippen LogP contribution in [0.1, 0.15) is 20.3 Å². The number of aromatic nitrogens is 2. The second kappa shape index (κ2) is 7.93. The van der Waals surface area contributed by atoms with Gasteiger partial charge in [0.2, 0.25) is 5.91 Å². The molecule has 1 aromatic heterocycles. The highest BCUT2D eigenvalue weighted by atomic mass is 32.2. The third kappa shape index (κ3) is 4.47. The van der Waals surface area contributed by atoms with Crippen molar-refractivity contribution in [2.24, 2.45) is 0 Å². The van der Waals surface area contributed by atoms with Gasteiger partial charge < -0.3 is 10.7 Å². The van der Waals surface area contributed by atoms with Crippen LogP contribution >= 0.6 is 11.8 Å². The first kappa shape index (κ1) is 19.8. The molecule has 0 radical (unpaired) electrons. The van der Waals surface area contributed by atoms with Crippen molar-refractivity contribution in [1.82, 2.24) is 14.6 Å². The predicted molar refractivity (Wildman–Crippen MR) is 108 cm³/mol. The Morgan fingerprint density at radius 1 is 1.41 bits per heavy atom. The van der Waals surface area contributed by atoms with Crippen LogP contribution in [-0.4, -0.2) is 58.2 Å². The minimum absolute atomic E-state index is 0.0492. The molecule has 2 atom stereocenters. The molecule has 27 heavy (non-hydrogen) atoms. The summed E-state index contributed by atoms with van der Waals surface area (Å²) in [7, 11) is -3.04. The van der Waals surface area contributed by atoms with Gasteiger partial charge in [0.25, 0.3) is 0 Å². The Bertz CT molecular complexity index is 912. The normalized spacial score (nSPS) is 19.7. The summed E-state index contributed by atoms with van der Waals surface area (Å²) in [6, 6.07) is 9.45. The lowest BCUT2D eigenvalue weighted by atomic mass is 10.2. The summed E-state index contributed by atoms with van der Waals surface area (Å²) in [6.07, 6.45) is 2.24. The predicted octanol–water partition coefficient (Wildman–Crippen LogP) is 1.78. The molecule has 3 rings (SSSR count). The minimum Gasteiger partial charge on any atom is -0.338 e. The lowest BCUT2D eigenvalue weighted by molar-refractivity contribution is -0.131. The highest BCUT2D eigenvalue weighted by Gasteiger charge is 2.35. The average molecular weight is 409 g/mol. The maximum absolute atomic E-state index is 12.9. The van der Waals surface area contributed by atoms with E-state index in [0.29, 0.717) is 18.1 Å². The zero-order valence-corrected chi connectivity index (χ0v) is 17.0. The third-order valence-corrected chi connectivity index (χ3v) is 7.49. The number of sulfone groups is 1. The summed E-state index contributed by atoms with van der Waals surface area (Å²) < 4.78 is 24.9. The van der Waals surface area contributed by atoms with Gasteiger partial charge in [0.1, 0.15) is 0 Å². The number of carbonyl (C=O) groups excluding carboxylic acids is 1. The first-order valence-corrected chi connectivity index (χ1v) is 11.6. The van der Waals surface area contributed by atoms with E-state index in [0.717, 1.165) is 11.3 Å². The lowest BCUT2D eigenvalue weighted by Gasteiger charge is -2.29. The molecule has 2 N–H and O–H groups in total. The number of benzene rings is 1. The van der Waals surface area contributed by atoms with E-state index in [-0.39, 0.29) is 23.5 Å². The molecule has 1 aromatic carbocycles. The van der Waals surface area contributed by atoms with Crippen LogP contribution in [0.15, 0.2) is 41.7 Å². The molecular formula is C18H24N4O3S2. The number of hydrogen-bond donors (Lipinski definition) is 1. The van der Waals surface area contributed by atoms with Crippen molar-refractivity contribution < 1.29 is 13.2 Å². The van der Waals surface area contributed by atoms with Crippen molar-refractivity contribution >= 4 is 27.5 Å². The average Bonchev–Trinajstić information content (AvgIpc) is 3.18. The molecule has 1 saturated heterocycles. The summed E-state index contributed by atoms with van der Waals surface area (Å²) in [4.78, 5) is 19.1. The van der Waals surface area contributed by atoms with Crippen molar-refractivity contribution in [3.05, 3.63) is 36.5 Å². The van der Waals surface area contributed by atoms with Crippen LogP contribution in [0.25, 0.3) is 11.3 Å². The van der Waals surface area contributed by atoms with E-state index in [1.54, 1.807) is 18.0 Å². The standard InChI is InChI=1S/C18H24N4O3S2/c1-3-21(15-9-10-27(24,25)12-15)17(23)13(2)26-18-20-16(11-22(18)19)14-7-5-4-6-8-14/h4-8,11,13,15H,3,9-10,12,19H2,1-2H3/t13-,15-/m1/s1. The Balaban J connectivity index is 1.72. The molecule has 0 spiro atoms. The molecule has 1 aliphatic rings. The summed E-state index contributed by atoms with van der Waals surface area (Å²) in [5, 5.41) is 0.131. The molecular weight excluding hydrogens is 384 g/mol. The van der Waals surface area contributed by atoms with E-state index in [2.05, 4.69) is 4.98 Å². The molecule has 1 amide bonds. The second-order valence-corrected chi connectivity index (χ2v) is 10.2. The number of nitrogens with two attached hydrogens (primary N) is 1. The molecule has 0 aliphatic carbocycles. The van der Waals surface area contributed by atoms with Gasteiger partial charge in [0.15, 0.2) is 15.0 Å². The van der Waals surface area contributed by atoms with Crippen molar-refractivity contribution in [2.45, 2.75) is 36.7 Å². The van der Waals surface area contributed by atoms with Crippen LogP contribution in [0.2, 0.25) is 0 Å². The van der Waals surface area contributed by atoms with Crippen LogP contribution in [0, 0.1) is 0 Å². The summed E-state index contributed by atoms with van der Waals surface area (Å²) >= 11 is 1.28. The topological polar surface area (TPSA) is 98.3 Å². The van der Waals surface area contributed by atoms with Gasteiger partial charge in [-0.25, -0.2) is 18.1 Å². The Hall–Kier alpha value is -2.00. The maximum atomic E-state index is 12.9. The molecule has 1 fully saturated rings. The lowest BCUT2D eigenvalue weighted by Crippen LogP contribution is -2.44. The Morgan fingerprint density at radius 3 is 2.70 bits per heavy atom. The fraction of sp³-hybridized carbons (Fsp3) is 0.444. The van der Waals surface area contributed by atoms with Gasteiger partial charge in [0, 0.05) is 18.2 Å². The van der Waals surface area contributed by atoms with Crippen LogP contribution in [0.4, 0.5) is 0 Å². The van der Waals surface area contributed by atoms with E-state index in [1.807, 2.05) is 37.3 Å². The van der Waals surface area contributed by atoms with Crippen LogP contribution < -0.4 is 5.84 Å². The highest BCUT2D eigenvalue weighted by molar-refractivity contribution is 8.00. The van der Waals surface area contributed by atoms with E-state index in [4.69, 9.17) is 5.84 Å². The zero-order chi connectivity index (χ0) is 19.6. The van der Waals surface area contributed by atoms with Gasteiger partial charge in [-0.15, -0.1) is 0 Å². The molecule has 2 heterocycles. The second-order valence-electron chi connectivity index (χ2n) is 6.62. The largest absolute Gasteiger partial charge is 0.338 e. The van der Waals surface area contributed by atoms with Gasteiger partial charge in [-0.2, -0.15) is 0 Å². The van der Waals surface area contributed by atoms with Crippen molar-refractivity contribution in [3.63, 3.8) is 0 Å². The Kier molecular flexibility index (Phi) is 5.81. The number of nitrogen functional groups attached to an aromatic ring is 1. The van der Waals surface area contributed by atoms with Gasteiger partial charge in [-0.3, -0.25) is 4.79 Å². The number of rotatable bonds is 6. The molecule has 9 heteroatoms. The first-order chi connectivity index (χ1) is 12.8. The van der Waals surface area contributed by atoms with Crippen molar-refractivity contribution in [3.8, 4) is 11.3 Å². The summed E-state index contributed by atoms with van der Waals surface area (Å²) in [5.41, 5.74) is 1.70. The minimum atomic E-state index is -3.04. The smallest absolute Gasteiger partial charge is 0.236 e. The SMILES string of the molecule is CCN(C(=O)[C@@H](C)Sc1nc(-c2ccccc2)cn1N)[C@@H]1CCS(=O)(=O)C1. The van der Waals surface area contributed by atoms with Crippen molar-refractivity contribution in [1.29, 1.82) is 0 Å². The van der Waals surface area contributed by atoms with Crippen molar-refractivity contribution in [2.75, 3.05) is 23.9 Å². The number of amides is 1. The molecule has 146 valence electrons. The molecule has 0 bridgehead atoms. The van der Waals surface area contributed by atoms with Crippen LogP contribution in [0.5, 0.6) is 0 Å². The van der Waals surface area contributed by atoms with Gasteiger partial charge >= 0.3 is 0 Å². The maximum Gasteiger partial charge on any atom is 0.236 e. The van der Waals surface area contributed by atoms with Gasteiger partial charge in [-0.05, 0) is 20.3 Å². The van der Waals surface area contributed by atoms with Crippen LogP contribution in [-0.2, 0) is 14.6 Å². The van der Waals surface area contributed by atoms with E-state index in [9.17, 15) is 13.2 Å². The number of nitrogens with zero attached hydrogens (tertiary/aromatic N) is 3. The van der Waals surface area contributed by atoms with E-state index < -0.39 is 15.1 Å². The highest BCUT2D eigenvalue weighted by Crippen LogP contribution is 2.28. The Morgan fingerprint density at radius 2 is 2.11 bits per heavy atom. The Labute approximate surface area is 163 Å². The molecule has 0 unspecified atom stereocenters. The molecule has 7 nitrogen and oxygen atoms in total. The summed E-state index contributed by atoms with van der Waals surface area (Å²) in [6.45, 7) is 4.16. The quantitative estimate of drug-likeness (QED) is 0.578. The zero-order valence-electron chi connectivity index (χ0n) is 15.4. The number of thioether (sulfide) groups is 1. The number of carbonyl (C=O) groups is 1. The monoisotopic (exact) mass is 408 g/mol. The van der Waals surface area contributed by atoms with E-state index in [1.165, 1.54) is 16.4 Å². The number of hydrogen-bond acceptors (Lipinski definition) is 6.